The van der Waals surface area contributed by atoms with Gasteiger partial charge < -0.3 is 10.1 Å². The normalized spacial score (nSPS) is 10.8. The molecule has 0 aliphatic heterocycles. The number of nitrogens with two attached hydrogens (primary N) is 1. The first-order chi connectivity index (χ1) is 5.68. The molecule has 62 valence electrons. The van der Waals surface area contributed by atoms with Gasteiger partial charge in [0, 0.05) is 6.20 Å². The Labute approximate surface area is 74.8 Å². The molecule has 0 fully saturated rings. The lowest BCUT2D eigenvalue weighted by atomic mass is 10.4. The van der Waals surface area contributed by atoms with Crippen LogP contribution in [0.3, 0.4) is 0 Å². The second-order valence-electron chi connectivity index (χ2n) is 2.66. The Kier molecular flexibility index (Phi) is 1.48. The van der Waals surface area contributed by atoms with Gasteiger partial charge in [0.2, 0.25) is 0 Å². The zero-order valence-corrected chi connectivity index (χ0v) is 7.34. The van der Waals surface area contributed by atoms with Crippen molar-refractivity contribution in [1.82, 2.24) is 9.38 Å². The zero-order chi connectivity index (χ0) is 8.72. The highest BCUT2D eigenvalue weighted by atomic mass is 35.5. The molecule has 4 heteroatoms. The van der Waals surface area contributed by atoms with Gasteiger partial charge in [-0.15, -0.1) is 0 Å². The SMILES string of the molecule is Cc1c(N)nc2ccc(Cl)cn12. The number of pyridine rings is 1. The summed E-state index contributed by atoms with van der Waals surface area (Å²) in [5, 5.41) is 0.683. The topological polar surface area (TPSA) is 43.3 Å². The van der Waals surface area contributed by atoms with Crippen molar-refractivity contribution in [3.63, 3.8) is 0 Å². The molecule has 2 aromatic heterocycles. The van der Waals surface area contributed by atoms with Gasteiger partial charge in [-0.1, -0.05) is 11.6 Å². The summed E-state index contributed by atoms with van der Waals surface area (Å²) < 4.78 is 1.87. The van der Waals surface area contributed by atoms with Crippen LogP contribution < -0.4 is 5.73 Å². The predicted octanol–water partition coefficient (Wildman–Crippen LogP) is 1.88. The van der Waals surface area contributed by atoms with Gasteiger partial charge in [0.15, 0.2) is 0 Å². The van der Waals surface area contributed by atoms with E-state index in [1.54, 1.807) is 12.3 Å². The number of halogens is 1. The molecule has 2 N–H and O–H groups in total. The van der Waals surface area contributed by atoms with E-state index in [1.807, 2.05) is 17.4 Å². The molecule has 0 unspecified atom stereocenters. The maximum Gasteiger partial charge on any atom is 0.145 e. The van der Waals surface area contributed by atoms with Crippen molar-refractivity contribution in [3.05, 3.63) is 29.0 Å². The summed E-state index contributed by atoms with van der Waals surface area (Å²) in [6.07, 6.45) is 1.80. The van der Waals surface area contributed by atoms with E-state index < -0.39 is 0 Å². The molecule has 0 saturated carbocycles. The predicted molar refractivity (Wildman–Crippen MR) is 49.4 cm³/mol. The Hall–Kier alpha value is -1.22. The molecule has 0 amide bonds. The summed E-state index contributed by atoms with van der Waals surface area (Å²) in [5.41, 5.74) is 7.38. The smallest absolute Gasteiger partial charge is 0.145 e. The fourth-order valence-corrected chi connectivity index (χ4v) is 1.32. The third-order valence-electron chi connectivity index (χ3n) is 1.86. The molecule has 0 radical (unpaired) electrons. The van der Waals surface area contributed by atoms with Crippen molar-refractivity contribution in [1.29, 1.82) is 0 Å². The van der Waals surface area contributed by atoms with Crippen LogP contribution in [-0.2, 0) is 0 Å². The van der Waals surface area contributed by atoms with Crippen LogP contribution in [0.5, 0.6) is 0 Å². The molecule has 0 aliphatic rings. The molecule has 12 heavy (non-hydrogen) atoms. The third kappa shape index (κ3) is 0.940. The van der Waals surface area contributed by atoms with E-state index in [1.165, 1.54) is 0 Å². The fraction of sp³-hybridized carbons (Fsp3) is 0.125. The lowest BCUT2D eigenvalue weighted by Crippen LogP contribution is -1.89. The zero-order valence-electron chi connectivity index (χ0n) is 6.58. The van der Waals surface area contributed by atoms with Gasteiger partial charge in [-0.05, 0) is 19.1 Å². The van der Waals surface area contributed by atoms with E-state index in [4.69, 9.17) is 17.3 Å². The van der Waals surface area contributed by atoms with Crippen LogP contribution in [-0.4, -0.2) is 9.38 Å². The highest BCUT2D eigenvalue weighted by Crippen LogP contribution is 2.16. The number of imidazole rings is 1. The number of hydrogen-bond acceptors (Lipinski definition) is 2. The van der Waals surface area contributed by atoms with Crippen LogP contribution in [0.15, 0.2) is 18.3 Å². The number of fused-ring (bicyclic) bond motifs is 1. The van der Waals surface area contributed by atoms with E-state index in [0.29, 0.717) is 10.8 Å². The quantitative estimate of drug-likeness (QED) is 0.675. The molecule has 2 heterocycles. The van der Waals surface area contributed by atoms with E-state index in [2.05, 4.69) is 4.98 Å². The molecule has 2 rings (SSSR count). The molecule has 3 nitrogen and oxygen atoms in total. The second-order valence-corrected chi connectivity index (χ2v) is 3.09. The van der Waals surface area contributed by atoms with Crippen LogP contribution in [0.1, 0.15) is 5.69 Å². The average Bonchev–Trinajstić information content (AvgIpc) is 2.31. The number of aromatic nitrogens is 2. The van der Waals surface area contributed by atoms with Crippen molar-refractivity contribution in [2.75, 3.05) is 5.73 Å². The minimum Gasteiger partial charge on any atom is -0.382 e. The molecule has 0 aliphatic carbocycles. The van der Waals surface area contributed by atoms with Gasteiger partial charge >= 0.3 is 0 Å². The highest BCUT2D eigenvalue weighted by molar-refractivity contribution is 6.30. The number of rotatable bonds is 0. The summed E-state index contributed by atoms with van der Waals surface area (Å²) in [4.78, 5) is 4.14. The summed E-state index contributed by atoms with van der Waals surface area (Å²) in [7, 11) is 0. The van der Waals surface area contributed by atoms with Gasteiger partial charge in [0.25, 0.3) is 0 Å². The number of hydrogen-bond donors (Lipinski definition) is 1. The van der Waals surface area contributed by atoms with Crippen LogP contribution in [0.4, 0.5) is 5.82 Å². The molecule has 0 aromatic carbocycles. The molecular formula is C8H8ClN3. The monoisotopic (exact) mass is 181 g/mol. The first-order valence-corrected chi connectivity index (χ1v) is 3.96. The second kappa shape index (κ2) is 2.38. The number of nitrogens with zero attached hydrogens (tertiary/aromatic N) is 2. The van der Waals surface area contributed by atoms with Gasteiger partial charge in [0.1, 0.15) is 11.5 Å². The Morgan fingerprint density at radius 3 is 3.00 bits per heavy atom. The van der Waals surface area contributed by atoms with Crippen molar-refractivity contribution < 1.29 is 0 Å². The molecule has 2 aromatic rings. The van der Waals surface area contributed by atoms with Gasteiger partial charge in [-0.25, -0.2) is 4.98 Å². The van der Waals surface area contributed by atoms with Gasteiger partial charge in [-0.2, -0.15) is 0 Å². The Morgan fingerprint density at radius 2 is 2.25 bits per heavy atom. The van der Waals surface area contributed by atoms with Crippen molar-refractivity contribution in [3.8, 4) is 0 Å². The molecule has 0 bridgehead atoms. The lowest BCUT2D eigenvalue weighted by Gasteiger charge is -1.95. The fourth-order valence-electron chi connectivity index (χ4n) is 1.15. The standard InChI is InChI=1S/C8H8ClN3/c1-5-8(10)11-7-3-2-6(9)4-12(5)7/h2-4H,10H2,1H3. The first-order valence-electron chi connectivity index (χ1n) is 3.58. The highest BCUT2D eigenvalue weighted by Gasteiger charge is 2.03. The number of nitrogen functional groups attached to an aromatic ring is 1. The lowest BCUT2D eigenvalue weighted by molar-refractivity contribution is 1.11. The Bertz CT molecular complexity index is 433. The van der Waals surface area contributed by atoms with Gasteiger partial charge in [-0.3, -0.25) is 0 Å². The van der Waals surface area contributed by atoms with Crippen LogP contribution >= 0.6 is 11.6 Å². The largest absolute Gasteiger partial charge is 0.382 e. The van der Waals surface area contributed by atoms with E-state index in [9.17, 15) is 0 Å². The van der Waals surface area contributed by atoms with Crippen LogP contribution in [0, 0.1) is 6.92 Å². The molecular weight excluding hydrogens is 174 g/mol. The minimum atomic E-state index is 0.553. The molecule has 0 saturated heterocycles. The number of anilines is 1. The van der Waals surface area contributed by atoms with E-state index in [0.717, 1.165) is 11.3 Å². The summed E-state index contributed by atoms with van der Waals surface area (Å²) >= 11 is 5.81. The van der Waals surface area contributed by atoms with E-state index in [-0.39, 0.29) is 0 Å². The maximum atomic E-state index is 5.81. The Morgan fingerprint density at radius 1 is 1.50 bits per heavy atom. The summed E-state index contributed by atoms with van der Waals surface area (Å²) in [6.45, 7) is 1.91. The molecule has 0 spiro atoms. The third-order valence-corrected chi connectivity index (χ3v) is 2.08. The van der Waals surface area contributed by atoms with Gasteiger partial charge in [0.05, 0.1) is 10.7 Å². The average molecular weight is 182 g/mol. The summed E-state index contributed by atoms with van der Waals surface area (Å²) in [5.74, 6) is 0.553. The first kappa shape index (κ1) is 7.43. The van der Waals surface area contributed by atoms with Crippen LogP contribution in [0.25, 0.3) is 5.65 Å². The van der Waals surface area contributed by atoms with Crippen molar-refractivity contribution in [2.24, 2.45) is 0 Å². The Balaban J connectivity index is 2.88. The minimum absolute atomic E-state index is 0.553. The number of aryl methyl sites for hydroxylation is 1. The van der Waals surface area contributed by atoms with Crippen LogP contribution in [0.2, 0.25) is 5.02 Å². The van der Waals surface area contributed by atoms with Crippen molar-refractivity contribution in [2.45, 2.75) is 6.92 Å². The van der Waals surface area contributed by atoms with E-state index >= 15 is 0 Å². The summed E-state index contributed by atoms with van der Waals surface area (Å²) in [6, 6.07) is 3.63. The van der Waals surface area contributed by atoms with Crippen molar-refractivity contribution >= 4 is 23.1 Å². The maximum absolute atomic E-state index is 5.81. The molecule has 0 atom stereocenters.